The monoisotopic (exact) mass is 501 g/mol. The molecule has 37 heavy (non-hydrogen) atoms. The first-order valence-electron chi connectivity index (χ1n) is 11.2. The molecule has 1 N–H and O–H groups in total. The Morgan fingerprint density at radius 3 is 2.46 bits per heavy atom. The van der Waals surface area contributed by atoms with Crippen molar-refractivity contribution in [2.45, 2.75) is 13.1 Å². The second-order valence-electron chi connectivity index (χ2n) is 8.30. The summed E-state index contributed by atoms with van der Waals surface area (Å²) in [4.78, 5) is 65.8. The Bertz CT molecular complexity index is 1610. The third kappa shape index (κ3) is 4.45. The lowest BCUT2D eigenvalue weighted by Gasteiger charge is -2.13. The van der Waals surface area contributed by atoms with Gasteiger partial charge in [-0.25, -0.2) is 9.67 Å². The molecule has 4 aromatic rings. The van der Waals surface area contributed by atoms with E-state index in [0.717, 1.165) is 4.90 Å². The molecule has 0 bridgehead atoms. The number of hydrogen-bond donors (Lipinski definition) is 1. The Morgan fingerprint density at radius 1 is 1.03 bits per heavy atom. The molecule has 2 aromatic carbocycles. The number of hydrogen-bond acceptors (Lipinski definition) is 8. The lowest BCUT2D eigenvalue weighted by Crippen LogP contribution is -2.41. The van der Waals surface area contributed by atoms with E-state index >= 15 is 0 Å². The third-order valence-electron chi connectivity index (χ3n) is 5.92. The van der Waals surface area contributed by atoms with Crippen molar-refractivity contribution in [2.75, 3.05) is 13.1 Å². The number of non-ortho nitro benzene ring substituents is 1. The second kappa shape index (κ2) is 9.45. The van der Waals surface area contributed by atoms with Crippen molar-refractivity contribution in [2.24, 2.45) is 0 Å². The molecular weight excluding hydrogens is 482 g/mol. The number of aromatic nitrogens is 4. The maximum atomic E-state index is 12.9. The quantitative estimate of drug-likeness (QED) is 0.212. The number of fused-ring (bicyclic) bond motifs is 2. The molecule has 0 aliphatic carbocycles. The van der Waals surface area contributed by atoms with Gasteiger partial charge in [0.15, 0.2) is 5.65 Å². The lowest BCUT2D eigenvalue weighted by molar-refractivity contribution is -0.384. The van der Waals surface area contributed by atoms with Crippen LogP contribution in [0.4, 0.5) is 5.69 Å². The van der Waals surface area contributed by atoms with Crippen LogP contribution in [0.3, 0.4) is 0 Å². The van der Waals surface area contributed by atoms with Gasteiger partial charge in [0.25, 0.3) is 23.1 Å². The summed E-state index contributed by atoms with van der Waals surface area (Å²) < 4.78 is 2.79. The van der Waals surface area contributed by atoms with Gasteiger partial charge < -0.3 is 5.32 Å². The molecule has 186 valence electrons. The summed E-state index contributed by atoms with van der Waals surface area (Å²) in [5, 5.41) is 18.1. The van der Waals surface area contributed by atoms with Crippen LogP contribution in [-0.2, 0) is 17.9 Å². The van der Waals surface area contributed by atoms with Crippen LogP contribution in [0.2, 0.25) is 0 Å². The summed E-state index contributed by atoms with van der Waals surface area (Å²) >= 11 is 0. The molecule has 5 rings (SSSR count). The van der Waals surface area contributed by atoms with E-state index in [1.165, 1.54) is 33.9 Å². The van der Waals surface area contributed by atoms with Crippen molar-refractivity contribution < 1.29 is 19.3 Å². The highest BCUT2D eigenvalue weighted by Gasteiger charge is 2.36. The van der Waals surface area contributed by atoms with Crippen LogP contribution in [0.5, 0.6) is 0 Å². The SMILES string of the molecule is O=C(CN1C(=O)c2ccccc2C1=O)NCCn1ncc2c(=O)n(Cc3cccc([N+](=O)[O-])c3)cnc21. The minimum Gasteiger partial charge on any atom is -0.353 e. The van der Waals surface area contributed by atoms with Crippen molar-refractivity contribution in [3.63, 3.8) is 0 Å². The van der Waals surface area contributed by atoms with Crippen LogP contribution >= 0.6 is 0 Å². The van der Waals surface area contributed by atoms with Crippen LogP contribution in [0.25, 0.3) is 11.0 Å². The van der Waals surface area contributed by atoms with E-state index in [-0.39, 0.29) is 47.4 Å². The lowest BCUT2D eigenvalue weighted by atomic mass is 10.1. The fraction of sp³-hybridized carbons (Fsp3) is 0.167. The van der Waals surface area contributed by atoms with Crippen LogP contribution in [0.1, 0.15) is 26.3 Å². The average molecular weight is 501 g/mol. The van der Waals surface area contributed by atoms with Crippen LogP contribution in [-0.4, -0.2) is 60.0 Å². The van der Waals surface area contributed by atoms with Crippen molar-refractivity contribution >= 4 is 34.4 Å². The zero-order chi connectivity index (χ0) is 26.1. The molecular formula is C24H19N7O6. The van der Waals surface area contributed by atoms with E-state index in [1.807, 2.05) is 0 Å². The average Bonchev–Trinajstić information content (AvgIpc) is 3.41. The molecule has 3 heterocycles. The number of carbonyl (C=O) groups excluding carboxylic acids is 3. The van der Waals surface area contributed by atoms with E-state index < -0.39 is 29.2 Å². The number of benzene rings is 2. The Labute approximate surface area is 208 Å². The van der Waals surface area contributed by atoms with Gasteiger partial charge in [-0.15, -0.1) is 0 Å². The van der Waals surface area contributed by atoms with Crippen LogP contribution in [0.15, 0.2) is 65.8 Å². The summed E-state index contributed by atoms with van der Waals surface area (Å²) in [6.07, 6.45) is 2.71. The highest BCUT2D eigenvalue weighted by Crippen LogP contribution is 2.22. The topological polar surface area (TPSA) is 162 Å². The van der Waals surface area contributed by atoms with Gasteiger partial charge in [-0.05, 0) is 17.7 Å². The first-order chi connectivity index (χ1) is 17.8. The molecule has 0 fully saturated rings. The summed E-state index contributed by atoms with van der Waals surface area (Å²) in [7, 11) is 0. The predicted molar refractivity (Wildman–Crippen MR) is 129 cm³/mol. The zero-order valence-electron chi connectivity index (χ0n) is 19.2. The molecule has 1 aliphatic rings. The summed E-state index contributed by atoms with van der Waals surface area (Å²) in [5.41, 5.74) is 0.992. The van der Waals surface area contributed by atoms with E-state index in [4.69, 9.17) is 0 Å². The molecule has 1 aliphatic heterocycles. The standard InChI is InChI=1S/C24H19N7O6/c32-20(13-29-23(34)17-6-1-2-7-18(17)24(29)35)25-8-9-30-21-19(11-27-30)22(33)28(14-26-21)12-15-4-3-5-16(10-15)31(36)37/h1-7,10-11,14H,8-9,12-13H2,(H,25,32). The molecule has 0 atom stereocenters. The molecule has 0 spiro atoms. The molecule has 0 radical (unpaired) electrons. The largest absolute Gasteiger partial charge is 0.353 e. The number of nitrogens with one attached hydrogen (secondary N) is 1. The first-order valence-corrected chi connectivity index (χ1v) is 11.2. The minimum atomic E-state index is -0.516. The van der Waals surface area contributed by atoms with Crippen molar-refractivity contribution in [3.05, 3.63) is 98.2 Å². The normalized spacial score (nSPS) is 12.7. The third-order valence-corrected chi connectivity index (χ3v) is 5.92. The molecule has 0 saturated carbocycles. The van der Waals surface area contributed by atoms with Crippen LogP contribution < -0.4 is 10.9 Å². The molecule has 3 amide bonds. The van der Waals surface area contributed by atoms with Gasteiger partial charge in [0, 0.05) is 18.7 Å². The number of rotatable bonds is 8. The van der Waals surface area contributed by atoms with E-state index in [0.29, 0.717) is 11.2 Å². The smallest absolute Gasteiger partial charge is 0.269 e. The molecule has 2 aromatic heterocycles. The maximum absolute atomic E-state index is 12.9. The minimum absolute atomic E-state index is 0.0718. The Morgan fingerprint density at radius 2 is 1.76 bits per heavy atom. The molecule has 0 unspecified atom stereocenters. The van der Waals surface area contributed by atoms with Gasteiger partial charge in [0.2, 0.25) is 5.91 Å². The summed E-state index contributed by atoms with van der Waals surface area (Å²) in [6.45, 7) is 0.00519. The molecule has 13 nitrogen and oxygen atoms in total. The van der Waals surface area contributed by atoms with Crippen molar-refractivity contribution in [3.8, 4) is 0 Å². The second-order valence-corrected chi connectivity index (χ2v) is 8.30. The maximum Gasteiger partial charge on any atom is 0.269 e. The van der Waals surface area contributed by atoms with E-state index in [9.17, 15) is 29.3 Å². The number of imide groups is 1. The zero-order valence-corrected chi connectivity index (χ0v) is 19.2. The van der Waals surface area contributed by atoms with E-state index in [2.05, 4.69) is 15.4 Å². The number of amides is 3. The molecule has 0 saturated heterocycles. The van der Waals surface area contributed by atoms with Gasteiger partial charge in [-0.1, -0.05) is 24.3 Å². The first kappa shape index (κ1) is 23.5. The Balaban J connectivity index is 1.21. The Kier molecular flexibility index (Phi) is 6.01. The highest BCUT2D eigenvalue weighted by atomic mass is 16.6. The number of carbonyl (C=O) groups is 3. The number of nitro groups is 1. The number of nitrogens with zero attached hydrogens (tertiary/aromatic N) is 6. The highest BCUT2D eigenvalue weighted by molar-refractivity contribution is 6.22. The van der Waals surface area contributed by atoms with Gasteiger partial charge in [-0.2, -0.15) is 5.10 Å². The fourth-order valence-electron chi connectivity index (χ4n) is 4.12. The van der Waals surface area contributed by atoms with Crippen molar-refractivity contribution in [1.82, 2.24) is 29.5 Å². The fourth-order valence-corrected chi connectivity index (χ4v) is 4.12. The molecule has 13 heteroatoms. The van der Waals surface area contributed by atoms with Gasteiger partial charge >= 0.3 is 0 Å². The van der Waals surface area contributed by atoms with Gasteiger partial charge in [-0.3, -0.25) is 38.8 Å². The Hall–Kier alpha value is -5.20. The summed E-state index contributed by atoms with van der Waals surface area (Å²) in [5.74, 6) is -1.54. The van der Waals surface area contributed by atoms with Crippen molar-refractivity contribution in [1.29, 1.82) is 0 Å². The predicted octanol–water partition coefficient (Wildman–Crippen LogP) is 0.962. The number of nitro benzene ring substituents is 1. The van der Waals surface area contributed by atoms with Gasteiger partial charge in [0.05, 0.1) is 35.3 Å². The van der Waals surface area contributed by atoms with Gasteiger partial charge in [0.1, 0.15) is 18.3 Å². The van der Waals surface area contributed by atoms with E-state index in [1.54, 1.807) is 36.4 Å². The summed E-state index contributed by atoms with van der Waals surface area (Å²) in [6, 6.07) is 12.4. The van der Waals surface area contributed by atoms with Crippen LogP contribution in [0, 0.1) is 10.1 Å².